The summed E-state index contributed by atoms with van der Waals surface area (Å²) < 4.78 is 6.52. The molecule has 10 rings (SSSR count). The molecule has 0 bridgehead atoms. The van der Waals surface area contributed by atoms with Crippen LogP contribution >= 0.6 is 0 Å². The number of ether oxygens (including phenoxy) is 1. The van der Waals surface area contributed by atoms with Crippen molar-refractivity contribution in [2.24, 2.45) is 0 Å². The highest BCUT2D eigenvalue weighted by Crippen LogP contribution is 2.62. The lowest BCUT2D eigenvalue weighted by molar-refractivity contribution is 0.436. The first kappa shape index (κ1) is 29.7. The lowest BCUT2D eigenvalue weighted by Crippen LogP contribution is -2.32. The summed E-state index contributed by atoms with van der Waals surface area (Å²) in [6.45, 7) is 7.86. The molecule has 5 heteroatoms. The molecule has 242 valence electrons. The van der Waals surface area contributed by atoms with Gasteiger partial charge in [-0.3, -0.25) is 0 Å². The molecule has 8 aromatic rings. The number of hydrogen-bond acceptors (Lipinski definition) is 4. The van der Waals surface area contributed by atoms with Crippen LogP contribution in [0.25, 0.3) is 61.3 Å². The van der Waals surface area contributed by atoms with E-state index in [2.05, 4.69) is 83.7 Å². The van der Waals surface area contributed by atoms with E-state index in [1.54, 1.807) is 0 Å². The Hall–Kier alpha value is -7.16. The fourth-order valence-electron chi connectivity index (χ4n) is 7.89. The maximum absolute atomic E-state index is 7.86. The van der Waals surface area contributed by atoms with E-state index in [-0.39, 0.29) is 0 Å². The summed E-state index contributed by atoms with van der Waals surface area (Å²) in [6.07, 6.45) is 0. The van der Waals surface area contributed by atoms with Crippen molar-refractivity contribution in [3.05, 3.63) is 204 Å². The van der Waals surface area contributed by atoms with E-state index in [9.17, 15) is 0 Å². The van der Waals surface area contributed by atoms with Gasteiger partial charge in [0.05, 0.1) is 12.0 Å². The number of fused-ring (bicyclic) bond motifs is 9. The van der Waals surface area contributed by atoms with E-state index < -0.39 is 5.41 Å². The molecule has 2 aliphatic rings. The minimum absolute atomic E-state index is 0.586. The van der Waals surface area contributed by atoms with Crippen molar-refractivity contribution in [1.29, 1.82) is 0 Å². The average Bonchev–Trinajstić information content (AvgIpc) is 3.51. The Morgan fingerprint density at radius 1 is 0.404 bits per heavy atom. The number of benzene rings is 7. The molecule has 1 aromatic heterocycles. The molecule has 2 heterocycles. The molecule has 1 aliphatic heterocycles. The van der Waals surface area contributed by atoms with Crippen LogP contribution in [-0.2, 0) is 5.41 Å². The first-order valence-corrected chi connectivity index (χ1v) is 17.2. The highest BCUT2D eigenvalue weighted by molar-refractivity contribution is 5.90. The third-order valence-corrected chi connectivity index (χ3v) is 10.2. The maximum atomic E-state index is 7.86. The van der Waals surface area contributed by atoms with Gasteiger partial charge in [0.15, 0.2) is 23.2 Å². The fraction of sp³-hybridized carbons (Fsp3) is 0.0213. The van der Waals surface area contributed by atoms with Crippen molar-refractivity contribution in [2.75, 3.05) is 0 Å². The largest absolute Gasteiger partial charge is 0.457 e. The Morgan fingerprint density at radius 2 is 0.923 bits per heavy atom. The Balaban J connectivity index is 1.12. The van der Waals surface area contributed by atoms with E-state index in [1.807, 2.05) is 91.0 Å². The molecule has 1 spiro atoms. The first-order chi connectivity index (χ1) is 25.7. The summed E-state index contributed by atoms with van der Waals surface area (Å²) in [5, 5.41) is 0. The van der Waals surface area contributed by atoms with Crippen LogP contribution < -0.4 is 4.74 Å². The van der Waals surface area contributed by atoms with Crippen LogP contribution in [0.2, 0.25) is 0 Å². The smallest absolute Gasteiger partial charge is 0.187 e. The van der Waals surface area contributed by atoms with Gasteiger partial charge in [-0.05, 0) is 57.6 Å². The second-order valence-electron chi connectivity index (χ2n) is 13.1. The zero-order valence-electron chi connectivity index (χ0n) is 27.9. The molecule has 0 saturated carbocycles. The van der Waals surface area contributed by atoms with Crippen molar-refractivity contribution >= 4 is 5.69 Å². The van der Waals surface area contributed by atoms with Gasteiger partial charge < -0.3 is 4.74 Å². The molecule has 0 saturated heterocycles. The minimum atomic E-state index is -0.653. The Kier molecular flexibility index (Phi) is 6.70. The van der Waals surface area contributed by atoms with Gasteiger partial charge in [-0.1, -0.05) is 146 Å². The molecule has 52 heavy (non-hydrogen) atoms. The standard InChI is InChI=1S/C47H28N4O/c1-48-35-25-27-43-41(29-35)47(39-18-10-11-19-42(39)52-43)38-17-9-8-16-36(38)37-26-24-34(28-40(37)47)30-20-22-33(23-21-30)46-50-44(31-12-4-2-5-13-31)49-45(51-46)32-14-6-3-7-15-32/h2-29H. The van der Waals surface area contributed by atoms with Crippen LogP contribution in [0, 0.1) is 6.57 Å². The Labute approximate surface area is 301 Å². The van der Waals surface area contributed by atoms with Gasteiger partial charge in [0.2, 0.25) is 0 Å². The average molecular weight is 665 g/mol. The molecule has 1 unspecified atom stereocenters. The maximum Gasteiger partial charge on any atom is 0.187 e. The molecule has 1 aliphatic carbocycles. The third kappa shape index (κ3) is 4.52. The van der Waals surface area contributed by atoms with E-state index in [1.165, 1.54) is 22.3 Å². The third-order valence-electron chi connectivity index (χ3n) is 10.2. The molecular formula is C47H28N4O. The Bertz CT molecular complexity index is 2660. The second kappa shape index (κ2) is 11.7. The molecule has 0 fully saturated rings. The lowest BCUT2D eigenvalue weighted by atomic mass is 9.66. The zero-order valence-corrected chi connectivity index (χ0v) is 27.9. The monoisotopic (exact) mass is 664 g/mol. The van der Waals surface area contributed by atoms with Gasteiger partial charge in [0.25, 0.3) is 0 Å². The van der Waals surface area contributed by atoms with Crippen molar-refractivity contribution < 1.29 is 4.74 Å². The number of aromatic nitrogens is 3. The first-order valence-electron chi connectivity index (χ1n) is 17.2. The van der Waals surface area contributed by atoms with Gasteiger partial charge in [-0.25, -0.2) is 19.8 Å². The molecule has 0 radical (unpaired) electrons. The lowest BCUT2D eigenvalue weighted by Gasteiger charge is -2.39. The van der Waals surface area contributed by atoms with E-state index in [0.29, 0.717) is 23.2 Å². The topological polar surface area (TPSA) is 52.3 Å². The minimum Gasteiger partial charge on any atom is -0.457 e. The quantitative estimate of drug-likeness (QED) is 0.176. The molecule has 5 nitrogen and oxygen atoms in total. The van der Waals surface area contributed by atoms with Crippen LogP contribution in [0.4, 0.5) is 5.69 Å². The normalized spacial score (nSPS) is 14.8. The summed E-state index contributed by atoms with van der Waals surface area (Å²) in [5.41, 5.74) is 11.7. The predicted molar refractivity (Wildman–Crippen MR) is 205 cm³/mol. The van der Waals surface area contributed by atoms with Crippen LogP contribution in [0.1, 0.15) is 22.3 Å². The number of rotatable bonds is 4. The summed E-state index contributed by atoms with van der Waals surface area (Å²) in [5.74, 6) is 3.48. The molecule has 7 aromatic carbocycles. The highest BCUT2D eigenvalue weighted by atomic mass is 16.5. The van der Waals surface area contributed by atoms with Gasteiger partial charge in [0.1, 0.15) is 11.5 Å². The number of hydrogen-bond donors (Lipinski definition) is 0. The van der Waals surface area contributed by atoms with E-state index in [4.69, 9.17) is 26.3 Å². The fourth-order valence-corrected chi connectivity index (χ4v) is 7.89. The molecule has 0 amide bonds. The molecule has 0 N–H and O–H groups in total. The van der Waals surface area contributed by atoms with Crippen molar-refractivity contribution in [3.8, 4) is 67.9 Å². The zero-order chi connectivity index (χ0) is 34.6. The number of para-hydroxylation sites is 1. The summed E-state index contributed by atoms with van der Waals surface area (Å²) in [4.78, 5) is 18.5. The van der Waals surface area contributed by atoms with Crippen LogP contribution in [0.5, 0.6) is 11.5 Å². The van der Waals surface area contributed by atoms with Crippen LogP contribution in [-0.4, -0.2) is 15.0 Å². The van der Waals surface area contributed by atoms with Gasteiger partial charge in [0, 0.05) is 27.8 Å². The summed E-state index contributed by atoms with van der Waals surface area (Å²) >= 11 is 0. The second-order valence-corrected chi connectivity index (χ2v) is 13.1. The van der Waals surface area contributed by atoms with Crippen molar-refractivity contribution in [1.82, 2.24) is 15.0 Å². The van der Waals surface area contributed by atoms with E-state index >= 15 is 0 Å². The van der Waals surface area contributed by atoms with Crippen LogP contribution in [0.15, 0.2) is 170 Å². The summed E-state index contributed by atoms with van der Waals surface area (Å²) in [7, 11) is 0. The van der Waals surface area contributed by atoms with Crippen molar-refractivity contribution in [3.63, 3.8) is 0 Å². The molecule has 1 atom stereocenters. The van der Waals surface area contributed by atoms with Gasteiger partial charge >= 0.3 is 0 Å². The number of nitrogens with zero attached hydrogens (tertiary/aromatic N) is 4. The van der Waals surface area contributed by atoms with Crippen LogP contribution in [0.3, 0.4) is 0 Å². The Morgan fingerprint density at radius 3 is 1.60 bits per heavy atom. The molecular weight excluding hydrogens is 637 g/mol. The van der Waals surface area contributed by atoms with Crippen molar-refractivity contribution in [2.45, 2.75) is 5.41 Å². The van der Waals surface area contributed by atoms with E-state index in [0.717, 1.165) is 50.4 Å². The predicted octanol–water partition coefficient (Wildman–Crippen LogP) is 11.6. The van der Waals surface area contributed by atoms with Gasteiger partial charge in [-0.2, -0.15) is 0 Å². The van der Waals surface area contributed by atoms with Gasteiger partial charge in [-0.15, -0.1) is 0 Å². The highest BCUT2D eigenvalue weighted by Gasteiger charge is 2.51. The summed E-state index contributed by atoms with van der Waals surface area (Å²) in [6, 6.07) is 58.0. The SMILES string of the molecule is [C-]#[N+]c1ccc2c(c1)C1(c3ccccc3O2)c2ccccc2-c2ccc(-c3ccc(-c4nc(-c5ccccc5)nc(-c5ccccc5)n4)cc3)cc21.